The topological polar surface area (TPSA) is 149 Å². The highest BCUT2D eigenvalue weighted by molar-refractivity contribution is 7.20. The van der Waals surface area contributed by atoms with E-state index in [0.29, 0.717) is 28.4 Å². The van der Waals surface area contributed by atoms with Gasteiger partial charge in [0.1, 0.15) is 18.0 Å². The molecule has 230 valence electrons. The van der Waals surface area contributed by atoms with Crippen LogP contribution in [0.15, 0.2) is 91.2 Å². The zero-order valence-electron chi connectivity index (χ0n) is 25.3. The predicted octanol–water partition coefficient (Wildman–Crippen LogP) is 6.40. The lowest BCUT2D eigenvalue weighted by molar-refractivity contribution is 0.0955. The minimum Gasteiger partial charge on any atom is -0.393 e. The number of carbonyl (C=O) groups excluding carboxylic acids is 1. The quantitative estimate of drug-likeness (QED) is 0.115. The van der Waals surface area contributed by atoms with E-state index in [1.54, 1.807) is 25.4 Å². The van der Waals surface area contributed by atoms with Crippen molar-refractivity contribution in [3.8, 4) is 0 Å². The smallest absolute Gasteiger partial charge is 0.261 e. The number of hydrogen-bond donors (Lipinski definition) is 5. The van der Waals surface area contributed by atoms with Gasteiger partial charge in [0.2, 0.25) is 0 Å². The largest absolute Gasteiger partial charge is 0.393 e. The standard InChI is InChI=1S/C27H28N6O2S.C4H6.C3H7N/c28-24(23-25(29)31-15-32-26(23)33-19-9-11-20(34)12-10-19)17-7-5-16(6-8-17)14-30-27(35)22-13-18-3-1-2-4-21(18)36-22;2*1-3-4-2/h1-8,13,15,19-20,28,34H,9-12,14H2,(H,30,35)(H3,29,31,32,33);3-4H,1-2H2;3H,1-2H3. The van der Waals surface area contributed by atoms with E-state index in [1.807, 2.05) is 61.5 Å². The Labute approximate surface area is 263 Å². The van der Waals surface area contributed by atoms with Crippen molar-refractivity contribution in [2.45, 2.75) is 51.3 Å². The maximum Gasteiger partial charge on any atom is 0.261 e. The predicted molar refractivity (Wildman–Crippen MR) is 184 cm³/mol. The maximum absolute atomic E-state index is 12.6. The third-order valence-corrected chi connectivity index (χ3v) is 8.05. The molecule has 0 radical (unpaired) electrons. The van der Waals surface area contributed by atoms with Gasteiger partial charge in [-0.25, -0.2) is 9.97 Å². The number of hydrogen-bond acceptors (Lipinski definition) is 9. The number of thiophene rings is 1. The summed E-state index contributed by atoms with van der Waals surface area (Å²) in [5.41, 5.74) is 8.47. The summed E-state index contributed by atoms with van der Waals surface area (Å²) in [6.45, 7) is 9.00. The van der Waals surface area contributed by atoms with E-state index in [9.17, 15) is 9.90 Å². The summed E-state index contributed by atoms with van der Waals surface area (Å²) in [6.07, 6.45) is 9.33. The zero-order valence-corrected chi connectivity index (χ0v) is 26.1. The molecule has 1 amide bonds. The highest BCUT2D eigenvalue weighted by Gasteiger charge is 2.23. The first-order valence-corrected chi connectivity index (χ1v) is 15.2. The van der Waals surface area contributed by atoms with Gasteiger partial charge < -0.3 is 26.5 Å². The van der Waals surface area contributed by atoms with Crippen molar-refractivity contribution in [3.05, 3.63) is 108 Å². The Hall–Kier alpha value is -4.67. The summed E-state index contributed by atoms with van der Waals surface area (Å²) in [6, 6.07) is 17.5. The third-order valence-electron chi connectivity index (χ3n) is 6.93. The molecule has 2 aromatic carbocycles. The molecule has 0 unspecified atom stereocenters. The average Bonchev–Trinajstić information content (AvgIpc) is 3.50. The first-order chi connectivity index (χ1) is 21.3. The second kappa shape index (κ2) is 17.4. The molecular weight excluding hydrogens is 570 g/mol. The van der Waals surface area contributed by atoms with Crippen molar-refractivity contribution in [1.82, 2.24) is 15.3 Å². The van der Waals surface area contributed by atoms with Crippen molar-refractivity contribution in [3.63, 3.8) is 0 Å². The van der Waals surface area contributed by atoms with Crippen LogP contribution in [0.4, 0.5) is 11.6 Å². The van der Waals surface area contributed by atoms with E-state index < -0.39 is 0 Å². The molecule has 1 fully saturated rings. The van der Waals surface area contributed by atoms with Crippen LogP contribution in [-0.4, -0.2) is 52.1 Å². The molecule has 1 aliphatic rings. The van der Waals surface area contributed by atoms with Crippen molar-refractivity contribution in [2.75, 3.05) is 18.1 Å². The third kappa shape index (κ3) is 9.68. The Bertz CT molecular complexity index is 1530. The first-order valence-electron chi connectivity index (χ1n) is 14.4. The molecule has 1 aliphatic carbocycles. The molecule has 5 rings (SSSR count). The normalized spacial score (nSPS) is 15.7. The van der Waals surface area contributed by atoms with Crippen LogP contribution in [0.3, 0.4) is 0 Å². The average molecular weight is 612 g/mol. The number of anilines is 2. The number of allylic oxidation sites excluding steroid dienone is 2. The number of nitrogen functional groups attached to an aromatic ring is 1. The number of aliphatic hydroxyl groups is 1. The molecule has 6 N–H and O–H groups in total. The summed E-state index contributed by atoms with van der Waals surface area (Å²) < 4.78 is 1.09. The summed E-state index contributed by atoms with van der Waals surface area (Å²) in [5.74, 6) is 0.676. The number of aliphatic imine (C=N–C) groups is 1. The van der Waals surface area contributed by atoms with Crippen LogP contribution in [-0.2, 0) is 6.54 Å². The maximum atomic E-state index is 12.6. The summed E-state index contributed by atoms with van der Waals surface area (Å²) in [7, 11) is 1.75. The summed E-state index contributed by atoms with van der Waals surface area (Å²) in [4.78, 5) is 25.4. The van der Waals surface area contributed by atoms with Crippen LogP contribution < -0.4 is 16.4 Å². The van der Waals surface area contributed by atoms with Gasteiger partial charge in [0, 0.05) is 29.9 Å². The second-order valence-electron chi connectivity index (χ2n) is 10.0. The summed E-state index contributed by atoms with van der Waals surface area (Å²) in [5, 5.41) is 26.0. The van der Waals surface area contributed by atoms with Gasteiger partial charge in [0.15, 0.2) is 0 Å². The number of rotatable bonds is 8. The van der Waals surface area contributed by atoms with E-state index in [4.69, 9.17) is 11.1 Å². The van der Waals surface area contributed by atoms with Crippen molar-refractivity contribution in [2.24, 2.45) is 4.99 Å². The number of nitrogens with one attached hydrogen (secondary N) is 3. The lowest BCUT2D eigenvalue weighted by Gasteiger charge is -2.27. The minimum atomic E-state index is -0.246. The van der Waals surface area contributed by atoms with E-state index in [-0.39, 0.29) is 29.6 Å². The van der Waals surface area contributed by atoms with E-state index in [1.165, 1.54) is 17.7 Å². The van der Waals surface area contributed by atoms with Crippen molar-refractivity contribution < 1.29 is 9.90 Å². The van der Waals surface area contributed by atoms with Crippen LogP contribution in [0.25, 0.3) is 10.1 Å². The Morgan fingerprint density at radius 3 is 2.39 bits per heavy atom. The van der Waals surface area contributed by atoms with Gasteiger partial charge >= 0.3 is 0 Å². The zero-order chi connectivity index (χ0) is 31.9. The molecule has 44 heavy (non-hydrogen) atoms. The fourth-order valence-corrected chi connectivity index (χ4v) is 5.44. The Morgan fingerprint density at radius 1 is 1.11 bits per heavy atom. The number of nitrogens with zero attached hydrogens (tertiary/aromatic N) is 3. The number of aliphatic hydroxyl groups excluding tert-OH is 1. The van der Waals surface area contributed by atoms with Gasteiger partial charge in [0.05, 0.1) is 22.3 Å². The van der Waals surface area contributed by atoms with Crippen molar-refractivity contribution in [1.29, 1.82) is 5.41 Å². The number of carbonyl (C=O) groups is 1. The number of nitrogens with two attached hydrogens (primary N) is 1. The molecule has 2 aromatic heterocycles. The molecule has 0 atom stereocenters. The molecule has 9 nitrogen and oxygen atoms in total. The number of aromatic nitrogens is 2. The number of amides is 1. The highest BCUT2D eigenvalue weighted by atomic mass is 32.1. The van der Waals surface area contributed by atoms with E-state index in [2.05, 4.69) is 38.8 Å². The molecule has 0 spiro atoms. The molecule has 2 heterocycles. The van der Waals surface area contributed by atoms with Crippen LogP contribution in [0.1, 0.15) is 59.0 Å². The molecule has 0 aliphatic heterocycles. The molecular formula is C34H41N7O2S. The highest BCUT2D eigenvalue weighted by Crippen LogP contribution is 2.27. The van der Waals surface area contributed by atoms with E-state index >= 15 is 0 Å². The lowest BCUT2D eigenvalue weighted by Crippen LogP contribution is -2.29. The van der Waals surface area contributed by atoms with Crippen LogP contribution >= 0.6 is 11.3 Å². The minimum absolute atomic E-state index is 0.104. The first kappa shape index (κ1) is 33.8. The van der Waals surface area contributed by atoms with Gasteiger partial charge in [-0.2, -0.15) is 0 Å². The Balaban J connectivity index is 0.000000592. The second-order valence-corrected chi connectivity index (χ2v) is 11.1. The monoisotopic (exact) mass is 611 g/mol. The van der Waals surface area contributed by atoms with Gasteiger partial charge in [0.25, 0.3) is 5.91 Å². The molecule has 0 saturated heterocycles. The van der Waals surface area contributed by atoms with Crippen LogP contribution in [0.5, 0.6) is 0 Å². The molecule has 1 saturated carbocycles. The van der Waals surface area contributed by atoms with Crippen LogP contribution in [0, 0.1) is 5.41 Å². The van der Waals surface area contributed by atoms with Gasteiger partial charge in [-0.05, 0) is 61.9 Å². The van der Waals surface area contributed by atoms with E-state index in [0.717, 1.165) is 41.3 Å². The van der Waals surface area contributed by atoms with Gasteiger partial charge in [-0.15, -0.1) is 11.3 Å². The molecule has 0 bridgehead atoms. The van der Waals surface area contributed by atoms with Crippen LogP contribution in [0.2, 0.25) is 0 Å². The Kier molecular flexibility index (Phi) is 13.4. The number of fused-ring (bicyclic) bond motifs is 1. The SMILES string of the molecule is C=CC=C.CC=NC.N=C(c1ccc(CNC(=O)c2cc3ccccc3s2)cc1)c1c(N)ncnc1NC1CCC(O)CC1. The fraction of sp³-hybridized carbons (Fsp3) is 0.265. The molecule has 4 aromatic rings. The van der Waals surface area contributed by atoms with Gasteiger partial charge in [-0.1, -0.05) is 67.8 Å². The number of benzene rings is 2. The van der Waals surface area contributed by atoms with Crippen molar-refractivity contribution >= 4 is 50.9 Å². The summed E-state index contributed by atoms with van der Waals surface area (Å²) >= 11 is 1.48. The lowest BCUT2D eigenvalue weighted by atomic mass is 9.93. The Morgan fingerprint density at radius 2 is 1.77 bits per heavy atom. The molecule has 10 heteroatoms. The van der Waals surface area contributed by atoms with Gasteiger partial charge in [-0.3, -0.25) is 10.2 Å². The fourth-order valence-electron chi connectivity index (χ4n) is 4.47.